The van der Waals surface area contributed by atoms with Crippen LogP contribution in [0.2, 0.25) is 0 Å². The highest BCUT2D eigenvalue weighted by atomic mass is 31.2. The van der Waals surface area contributed by atoms with Crippen molar-refractivity contribution in [1.29, 1.82) is 0 Å². The lowest BCUT2D eigenvalue weighted by atomic mass is 10.1. The Morgan fingerprint density at radius 2 is 0.805 bits per heavy atom. The first-order chi connectivity index (χ1) is 18.9. The predicted molar refractivity (Wildman–Crippen MR) is 136 cm³/mol. The van der Waals surface area contributed by atoms with E-state index in [2.05, 4.69) is 6.58 Å². The van der Waals surface area contributed by atoms with Crippen molar-refractivity contribution in [3.8, 4) is 51.7 Å². The molecule has 0 aromatic heterocycles. The number of imide groups is 3. The molecule has 0 bridgehead atoms. The first-order valence-electron chi connectivity index (χ1n) is 10.7. The average molecular weight is 595 g/mol. The number of phenols is 9. The molecule has 0 aliphatic rings. The first-order valence-corrected chi connectivity index (χ1v) is 12.5. The largest absolute Gasteiger partial charge is 0.504 e. The monoisotopic (exact) mass is 595 g/mol. The molecule has 41 heavy (non-hydrogen) atoms. The van der Waals surface area contributed by atoms with E-state index in [4.69, 9.17) is 9.79 Å². The molecular weight excluding hydrogens is 573 g/mol. The lowest BCUT2D eigenvalue weighted by molar-refractivity contribution is 0.0536. The molecule has 0 fully saturated rings. The number of amides is 3. The summed E-state index contributed by atoms with van der Waals surface area (Å²) in [6.07, 6.45) is 0.966. The van der Waals surface area contributed by atoms with Crippen molar-refractivity contribution in [3.63, 3.8) is 0 Å². The molecule has 3 amide bonds. The molecule has 0 saturated carbocycles. The number of rotatable bonds is 5. The summed E-state index contributed by atoms with van der Waals surface area (Å²) in [4.78, 5) is 55.3. The number of carbonyl (C=O) groups excluding carboxylic acids is 3. The zero-order chi connectivity index (χ0) is 31.4. The van der Waals surface area contributed by atoms with Gasteiger partial charge in [0.1, 0.15) is 0 Å². The van der Waals surface area contributed by atoms with Crippen molar-refractivity contribution in [2.75, 3.05) is 6.16 Å². The zero-order valence-electron chi connectivity index (χ0n) is 20.4. The van der Waals surface area contributed by atoms with Crippen LogP contribution in [0.25, 0.3) is 0 Å². The Bertz CT molecular complexity index is 1360. The fraction of sp³-hybridized carbons (Fsp3) is 0.0417. The number of allylic oxidation sites excluding steroid dienone is 1. The molecule has 3 rings (SSSR count). The standard InChI is InChI=1S/C21H15NO12.C3H7O3P/c23-10-1-7(2-11(24)16(10)29)19(32)22(20(33)8-3-12(25)17(30)13(26)4-8)21(34)9-5-14(27)18(31)15(28)6-9;1-2-3-7(4,5)6/h1-6,23-31H;2H,1,3H2,(H2,4,5,6). The molecule has 0 spiro atoms. The number of hydrogen-bond acceptors (Lipinski definition) is 13. The van der Waals surface area contributed by atoms with Gasteiger partial charge in [-0.2, -0.15) is 0 Å². The average Bonchev–Trinajstić information content (AvgIpc) is 2.87. The summed E-state index contributed by atoms with van der Waals surface area (Å²) in [6, 6.07) is 3.68. The third kappa shape index (κ3) is 7.36. The minimum absolute atomic E-state index is 0.109. The molecule has 0 heterocycles. The van der Waals surface area contributed by atoms with Crippen molar-refractivity contribution < 1.29 is 74.7 Å². The Hall–Kier alpha value is -5.44. The molecule has 0 atom stereocenters. The van der Waals surface area contributed by atoms with Gasteiger partial charge in [0.25, 0.3) is 17.7 Å². The van der Waals surface area contributed by atoms with Crippen LogP contribution in [0.5, 0.6) is 51.7 Å². The summed E-state index contributed by atoms with van der Waals surface area (Å²) in [5.74, 6) is -13.4. The van der Waals surface area contributed by atoms with Crippen LogP contribution in [-0.4, -0.2) is 84.5 Å². The fourth-order valence-corrected chi connectivity index (χ4v) is 3.35. The van der Waals surface area contributed by atoms with Gasteiger partial charge in [-0.05, 0) is 36.4 Å². The van der Waals surface area contributed by atoms with Crippen molar-refractivity contribution in [2.45, 2.75) is 0 Å². The number of nitrogens with zero attached hydrogens (tertiary/aromatic N) is 1. The highest BCUT2D eigenvalue weighted by Crippen LogP contribution is 2.39. The van der Waals surface area contributed by atoms with E-state index in [0.29, 0.717) is 36.4 Å². The van der Waals surface area contributed by atoms with E-state index < -0.39 is 93.8 Å². The van der Waals surface area contributed by atoms with Gasteiger partial charge in [-0.1, -0.05) is 6.08 Å². The topological polar surface area (TPSA) is 294 Å². The van der Waals surface area contributed by atoms with E-state index in [-0.39, 0.29) is 11.1 Å². The van der Waals surface area contributed by atoms with Gasteiger partial charge in [0, 0.05) is 16.7 Å². The van der Waals surface area contributed by atoms with Crippen LogP contribution >= 0.6 is 7.60 Å². The molecule has 0 aliphatic heterocycles. The number of hydrogen-bond donors (Lipinski definition) is 11. The lowest BCUT2D eigenvalue weighted by Gasteiger charge is -2.20. The summed E-state index contributed by atoms with van der Waals surface area (Å²) in [6.45, 7) is 3.15. The van der Waals surface area contributed by atoms with Crippen LogP contribution in [0.4, 0.5) is 0 Å². The second-order valence-electron chi connectivity index (χ2n) is 7.98. The van der Waals surface area contributed by atoms with Crippen molar-refractivity contribution in [3.05, 3.63) is 65.7 Å². The van der Waals surface area contributed by atoms with Gasteiger partial charge < -0.3 is 55.7 Å². The highest BCUT2D eigenvalue weighted by Gasteiger charge is 2.34. The van der Waals surface area contributed by atoms with Gasteiger partial charge >= 0.3 is 7.60 Å². The van der Waals surface area contributed by atoms with Crippen LogP contribution in [0.1, 0.15) is 31.1 Å². The molecule has 11 N–H and O–H groups in total. The molecule has 16 nitrogen and oxygen atoms in total. The van der Waals surface area contributed by atoms with E-state index in [1.807, 2.05) is 0 Å². The van der Waals surface area contributed by atoms with Crippen molar-refractivity contribution in [1.82, 2.24) is 4.90 Å². The van der Waals surface area contributed by atoms with E-state index in [0.717, 1.165) is 0 Å². The number of benzene rings is 3. The first kappa shape index (κ1) is 31.8. The molecule has 0 unspecified atom stereocenters. The zero-order valence-corrected chi connectivity index (χ0v) is 21.3. The third-order valence-electron chi connectivity index (χ3n) is 4.93. The fourth-order valence-electron chi connectivity index (χ4n) is 3.02. The van der Waals surface area contributed by atoms with Gasteiger partial charge in [-0.3, -0.25) is 18.9 Å². The lowest BCUT2D eigenvalue weighted by Crippen LogP contribution is -2.42. The summed E-state index contributed by atoms with van der Waals surface area (Å²) < 4.78 is 9.85. The molecule has 3 aromatic carbocycles. The number of aromatic hydroxyl groups is 9. The maximum Gasteiger partial charge on any atom is 0.329 e. The van der Waals surface area contributed by atoms with Gasteiger partial charge in [0.2, 0.25) is 0 Å². The summed E-state index contributed by atoms with van der Waals surface area (Å²) >= 11 is 0. The molecule has 0 aliphatic carbocycles. The Kier molecular flexibility index (Phi) is 9.43. The van der Waals surface area contributed by atoms with Crippen LogP contribution in [0, 0.1) is 0 Å². The Balaban J connectivity index is 0.000000745. The Labute approximate surface area is 228 Å². The van der Waals surface area contributed by atoms with Gasteiger partial charge in [0.15, 0.2) is 51.7 Å². The molecule has 3 aromatic rings. The number of phenolic OH excluding ortho intramolecular Hbond substituents is 9. The predicted octanol–water partition coefficient (Wildman–Crippen LogP) is 1.51. The molecule has 17 heteroatoms. The number of carbonyl (C=O) groups is 3. The normalized spacial score (nSPS) is 10.7. The molecule has 218 valence electrons. The van der Waals surface area contributed by atoms with Crippen LogP contribution in [-0.2, 0) is 4.57 Å². The van der Waals surface area contributed by atoms with Crippen molar-refractivity contribution >= 4 is 25.3 Å². The smallest absolute Gasteiger partial charge is 0.329 e. The van der Waals surface area contributed by atoms with Crippen LogP contribution in [0.15, 0.2) is 49.1 Å². The Morgan fingerprint density at radius 1 is 0.585 bits per heavy atom. The summed E-state index contributed by atoms with van der Waals surface area (Å²) in [5, 5.41) is 86.6. The molecule has 0 saturated heterocycles. The summed E-state index contributed by atoms with van der Waals surface area (Å²) in [7, 11) is -3.78. The van der Waals surface area contributed by atoms with Crippen LogP contribution in [0.3, 0.4) is 0 Å². The minimum atomic E-state index is -3.78. The molecule has 0 radical (unpaired) electrons. The minimum Gasteiger partial charge on any atom is -0.504 e. The van der Waals surface area contributed by atoms with E-state index in [1.165, 1.54) is 6.08 Å². The molecular formula is C24H22NO15P. The van der Waals surface area contributed by atoms with E-state index in [9.17, 15) is 64.9 Å². The third-order valence-corrected chi connectivity index (χ3v) is 5.66. The van der Waals surface area contributed by atoms with Crippen LogP contribution < -0.4 is 0 Å². The Morgan fingerprint density at radius 3 is 0.951 bits per heavy atom. The summed E-state index contributed by atoms with van der Waals surface area (Å²) in [5.41, 5.74) is -2.06. The second kappa shape index (κ2) is 12.2. The van der Waals surface area contributed by atoms with Gasteiger partial charge in [-0.15, -0.1) is 6.58 Å². The van der Waals surface area contributed by atoms with Gasteiger partial charge in [0.05, 0.1) is 6.16 Å². The van der Waals surface area contributed by atoms with E-state index >= 15 is 0 Å². The maximum absolute atomic E-state index is 13.1. The highest BCUT2D eigenvalue weighted by molar-refractivity contribution is 7.51. The quantitative estimate of drug-likeness (QED) is 0.0862. The van der Waals surface area contributed by atoms with Gasteiger partial charge in [-0.25, -0.2) is 4.90 Å². The second-order valence-corrected chi connectivity index (χ2v) is 9.67. The SMILES string of the molecule is C=CCP(=O)(O)O.O=C(c1cc(O)c(O)c(O)c1)N(C(=O)c1cc(O)c(O)c(O)c1)C(=O)c1cc(O)c(O)c(O)c1. The van der Waals surface area contributed by atoms with E-state index in [1.54, 1.807) is 0 Å². The van der Waals surface area contributed by atoms with Crippen molar-refractivity contribution in [2.24, 2.45) is 0 Å². The maximum atomic E-state index is 13.1.